The number of fused-ring (bicyclic) bond motifs is 2. The third-order valence-electron chi connectivity index (χ3n) is 3.58. The number of amides is 2. The van der Waals surface area contributed by atoms with Crippen molar-refractivity contribution in [2.75, 3.05) is 40.6 Å². The normalized spacial score (nSPS) is 25.1. The third-order valence-corrected chi connectivity index (χ3v) is 3.58. The average Bonchev–Trinajstić information content (AvgIpc) is 2.71. The monoisotopic (exact) mass is 282 g/mol. The van der Waals surface area contributed by atoms with Gasteiger partial charge in [0.25, 0.3) is 0 Å². The fourth-order valence-electron chi connectivity index (χ4n) is 2.67. The van der Waals surface area contributed by atoms with E-state index in [2.05, 4.69) is 12.7 Å². The molecule has 2 aliphatic rings. The van der Waals surface area contributed by atoms with Crippen molar-refractivity contribution in [2.24, 2.45) is 0 Å². The van der Waals surface area contributed by atoms with Crippen molar-refractivity contribution < 1.29 is 19.1 Å². The molecule has 20 heavy (non-hydrogen) atoms. The van der Waals surface area contributed by atoms with E-state index in [4.69, 9.17) is 14.3 Å². The van der Waals surface area contributed by atoms with E-state index < -0.39 is 0 Å². The summed E-state index contributed by atoms with van der Waals surface area (Å²) in [6.45, 7) is 5.69. The SMILES string of the molecule is C=CCON1C(=O)N2CC1C=C(CCOC)C2COC. The maximum atomic E-state index is 12.4. The van der Waals surface area contributed by atoms with Gasteiger partial charge in [0.1, 0.15) is 0 Å². The van der Waals surface area contributed by atoms with Crippen molar-refractivity contribution in [3.8, 4) is 0 Å². The van der Waals surface area contributed by atoms with Crippen LogP contribution in [0.25, 0.3) is 0 Å². The Balaban J connectivity index is 2.15. The lowest BCUT2D eigenvalue weighted by atomic mass is 9.97. The van der Waals surface area contributed by atoms with Crippen LogP contribution >= 0.6 is 0 Å². The highest BCUT2D eigenvalue weighted by Crippen LogP contribution is 2.31. The lowest BCUT2D eigenvalue weighted by Gasteiger charge is -2.31. The summed E-state index contributed by atoms with van der Waals surface area (Å²) < 4.78 is 10.4. The second kappa shape index (κ2) is 6.88. The number of carbonyl (C=O) groups is 1. The molecule has 1 saturated heterocycles. The molecule has 2 amide bonds. The summed E-state index contributed by atoms with van der Waals surface area (Å²) in [5.74, 6) is 0. The number of hydrogen-bond donors (Lipinski definition) is 0. The standard InChI is InChI=1S/C14H22N2O4/c1-4-6-20-16-12-8-11(5-7-18-2)13(10-19-3)15(9-12)14(16)17/h4,8,12-13H,1,5-7,9-10H2,2-3H3. The summed E-state index contributed by atoms with van der Waals surface area (Å²) in [5, 5.41) is 1.43. The minimum Gasteiger partial charge on any atom is -0.384 e. The van der Waals surface area contributed by atoms with E-state index in [0.29, 0.717) is 26.4 Å². The topological polar surface area (TPSA) is 51.2 Å². The number of hydroxylamine groups is 2. The summed E-state index contributed by atoms with van der Waals surface area (Å²) in [6, 6.07) is -0.179. The molecular formula is C14H22N2O4. The maximum absolute atomic E-state index is 12.4. The van der Waals surface area contributed by atoms with E-state index in [-0.39, 0.29) is 18.1 Å². The Morgan fingerprint density at radius 3 is 2.90 bits per heavy atom. The van der Waals surface area contributed by atoms with Crippen molar-refractivity contribution in [3.63, 3.8) is 0 Å². The Kier molecular flexibility index (Phi) is 5.17. The Labute approximate surface area is 119 Å². The smallest absolute Gasteiger partial charge is 0.345 e. The highest BCUT2D eigenvalue weighted by Gasteiger charge is 2.45. The Morgan fingerprint density at radius 2 is 2.25 bits per heavy atom. The molecule has 2 aliphatic heterocycles. The molecule has 6 nitrogen and oxygen atoms in total. The molecule has 0 radical (unpaired) electrons. The van der Waals surface area contributed by atoms with E-state index in [9.17, 15) is 4.79 Å². The lowest BCUT2D eigenvalue weighted by molar-refractivity contribution is -0.107. The van der Waals surface area contributed by atoms with E-state index in [1.807, 2.05) is 4.90 Å². The molecule has 0 aromatic rings. The first-order valence-corrected chi connectivity index (χ1v) is 6.75. The molecule has 2 atom stereocenters. The van der Waals surface area contributed by atoms with Crippen LogP contribution in [-0.2, 0) is 14.3 Å². The van der Waals surface area contributed by atoms with Crippen molar-refractivity contribution in [1.82, 2.24) is 9.96 Å². The van der Waals surface area contributed by atoms with Crippen molar-refractivity contribution in [2.45, 2.75) is 18.5 Å². The predicted octanol–water partition coefficient (Wildman–Crippen LogP) is 1.20. The average molecular weight is 282 g/mol. The zero-order chi connectivity index (χ0) is 14.5. The van der Waals surface area contributed by atoms with Gasteiger partial charge in [0.15, 0.2) is 0 Å². The number of methoxy groups -OCH3 is 2. The van der Waals surface area contributed by atoms with Gasteiger partial charge in [-0.2, -0.15) is 5.06 Å². The highest BCUT2D eigenvalue weighted by molar-refractivity contribution is 5.78. The fraction of sp³-hybridized carbons (Fsp3) is 0.643. The largest absolute Gasteiger partial charge is 0.384 e. The Morgan fingerprint density at radius 1 is 1.45 bits per heavy atom. The summed E-state index contributed by atoms with van der Waals surface area (Å²) in [4.78, 5) is 19.6. The van der Waals surface area contributed by atoms with Crippen LogP contribution in [0.5, 0.6) is 0 Å². The molecule has 0 aliphatic carbocycles. The second-order valence-electron chi connectivity index (χ2n) is 4.87. The zero-order valence-electron chi connectivity index (χ0n) is 12.1. The van der Waals surface area contributed by atoms with Crippen LogP contribution in [0.1, 0.15) is 6.42 Å². The molecule has 2 heterocycles. The molecule has 0 spiro atoms. The molecule has 0 aromatic heterocycles. The molecule has 112 valence electrons. The van der Waals surface area contributed by atoms with Crippen LogP contribution in [0, 0.1) is 0 Å². The van der Waals surface area contributed by atoms with Gasteiger partial charge in [-0.15, -0.1) is 6.58 Å². The van der Waals surface area contributed by atoms with Gasteiger partial charge in [0.05, 0.1) is 25.3 Å². The van der Waals surface area contributed by atoms with E-state index in [1.54, 1.807) is 20.3 Å². The van der Waals surface area contributed by atoms with Gasteiger partial charge >= 0.3 is 6.03 Å². The van der Waals surface area contributed by atoms with Crippen LogP contribution in [0.15, 0.2) is 24.3 Å². The molecule has 2 unspecified atom stereocenters. The number of carbonyl (C=O) groups excluding carboxylic acids is 1. The molecule has 0 saturated carbocycles. The van der Waals surface area contributed by atoms with E-state index >= 15 is 0 Å². The van der Waals surface area contributed by atoms with E-state index in [1.165, 1.54) is 10.6 Å². The zero-order valence-corrected chi connectivity index (χ0v) is 12.1. The first kappa shape index (κ1) is 15.0. The van der Waals surface area contributed by atoms with Crippen LogP contribution in [0.4, 0.5) is 4.79 Å². The second-order valence-corrected chi connectivity index (χ2v) is 4.87. The van der Waals surface area contributed by atoms with Gasteiger partial charge < -0.3 is 14.4 Å². The predicted molar refractivity (Wildman–Crippen MR) is 74.1 cm³/mol. The van der Waals surface area contributed by atoms with Crippen molar-refractivity contribution in [3.05, 3.63) is 24.3 Å². The first-order chi connectivity index (χ1) is 9.72. The van der Waals surface area contributed by atoms with Gasteiger partial charge in [0, 0.05) is 27.4 Å². The number of rotatable bonds is 8. The first-order valence-electron chi connectivity index (χ1n) is 6.75. The van der Waals surface area contributed by atoms with Crippen LogP contribution < -0.4 is 0 Å². The minimum absolute atomic E-state index is 0.0313. The molecule has 2 bridgehead atoms. The molecule has 0 aromatic carbocycles. The maximum Gasteiger partial charge on any atom is 0.345 e. The van der Waals surface area contributed by atoms with Gasteiger partial charge in [-0.1, -0.05) is 12.2 Å². The van der Waals surface area contributed by atoms with Crippen LogP contribution in [0.2, 0.25) is 0 Å². The fourth-order valence-corrected chi connectivity index (χ4v) is 2.67. The summed E-state index contributed by atoms with van der Waals surface area (Å²) in [5.41, 5.74) is 1.17. The Bertz CT molecular complexity index is 397. The summed E-state index contributed by atoms with van der Waals surface area (Å²) >= 11 is 0. The molecule has 2 rings (SSSR count). The van der Waals surface area contributed by atoms with Crippen molar-refractivity contribution >= 4 is 6.03 Å². The molecule has 1 fully saturated rings. The van der Waals surface area contributed by atoms with Gasteiger partial charge in [-0.25, -0.2) is 4.79 Å². The minimum atomic E-state index is -0.109. The quantitative estimate of drug-likeness (QED) is 0.628. The van der Waals surface area contributed by atoms with Gasteiger partial charge in [-0.05, 0) is 12.0 Å². The Hall–Kier alpha value is -1.37. The summed E-state index contributed by atoms with van der Waals surface area (Å²) in [7, 11) is 3.32. The van der Waals surface area contributed by atoms with E-state index in [0.717, 1.165) is 6.42 Å². The molecular weight excluding hydrogens is 260 g/mol. The number of urea groups is 1. The number of ether oxygens (including phenoxy) is 2. The van der Waals surface area contributed by atoms with Gasteiger partial charge in [0.2, 0.25) is 0 Å². The van der Waals surface area contributed by atoms with Crippen LogP contribution in [-0.4, -0.2) is 68.7 Å². The summed E-state index contributed by atoms with van der Waals surface area (Å²) in [6.07, 6.45) is 4.53. The molecule has 6 heteroatoms. The highest BCUT2D eigenvalue weighted by atomic mass is 16.7. The van der Waals surface area contributed by atoms with Crippen LogP contribution in [0.3, 0.4) is 0 Å². The molecule has 0 N–H and O–H groups in total. The third kappa shape index (κ3) is 2.87. The number of hydrogen-bond acceptors (Lipinski definition) is 4. The lowest BCUT2D eigenvalue weighted by Crippen LogP contribution is -2.43. The number of nitrogens with zero attached hydrogens (tertiary/aromatic N) is 2. The van der Waals surface area contributed by atoms with Crippen molar-refractivity contribution in [1.29, 1.82) is 0 Å². The van der Waals surface area contributed by atoms with Gasteiger partial charge in [-0.3, -0.25) is 4.84 Å².